The fourth-order valence-corrected chi connectivity index (χ4v) is 1.12. The number of rotatable bonds is 4. The van der Waals surface area contributed by atoms with Crippen molar-refractivity contribution >= 4 is 12.1 Å². The lowest BCUT2D eigenvalue weighted by Crippen LogP contribution is -2.31. The summed E-state index contributed by atoms with van der Waals surface area (Å²) in [4.78, 5) is 23.8. The standard InChI is InChI=1S/C12H15NO4/c1-13(9-8-11(14)16-2)12(15)17-10-6-4-3-5-7-10/h3-7H,8-9H2,1-2H3. The summed E-state index contributed by atoms with van der Waals surface area (Å²) in [5, 5.41) is 0. The number of esters is 1. The Bertz CT molecular complexity index is 377. The van der Waals surface area contributed by atoms with Gasteiger partial charge in [0.05, 0.1) is 13.5 Å². The first kappa shape index (κ1) is 13.0. The van der Waals surface area contributed by atoms with Crippen LogP contribution in [0.15, 0.2) is 30.3 Å². The van der Waals surface area contributed by atoms with Crippen LogP contribution in [0.3, 0.4) is 0 Å². The van der Waals surface area contributed by atoms with Gasteiger partial charge in [-0.05, 0) is 12.1 Å². The van der Waals surface area contributed by atoms with Crippen LogP contribution in [0, 0.1) is 0 Å². The summed E-state index contributed by atoms with van der Waals surface area (Å²) < 4.78 is 9.56. The number of carbonyl (C=O) groups excluding carboxylic acids is 2. The van der Waals surface area contributed by atoms with E-state index in [9.17, 15) is 9.59 Å². The minimum atomic E-state index is -0.500. The molecule has 1 aromatic carbocycles. The zero-order chi connectivity index (χ0) is 12.7. The highest BCUT2D eigenvalue weighted by Gasteiger charge is 2.12. The number of benzene rings is 1. The molecule has 5 nitrogen and oxygen atoms in total. The number of hydrogen-bond acceptors (Lipinski definition) is 4. The van der Waals surface area contributed by atoms with E-state index in [2.05, 4.69) is 4.74 Å². The summed E-state index contributed by atoms with van der Waals surface area (Å²) in [7, 11) is 2.87. The van der Waals surface area contributed by atoms with Crippen LogP contribution >= 0.6 is 0 Å². The van der Waals surface area contributed by atoms with Crippen molar-refractivity contribution < 1.29 is 19.1 Å². The second-order valence-corrected chi connectivity index (χ2v) is 3.43. The fraction of sp³-hybridized carbons (Fsp3) is 0.333. The van der Waals surface area contributed by atoms with E-state index >= 15 is 0 Å². The Morgan fingerprint density at radius 3 is 2.47 bits per heavy atom. The maximum atomic E-state index is 11.6. The van der Waals surface area contributed by atoms with Crippen molar-refractivity contribution in [2.75, 3.05) is 20.7 Å². The summed E-state index contributed by atoms with van der Waals surface area (Å²) in [6.45, 7) is 0.262. The van der Waals surface area contributed by atoms with E-state index in [-0.39, 0.29) is 18.9 Å². The third-order valence-corrected chi connectivity index (χ3v) is 2.14. The largest absolute Gasteiger partial charge is 0.469 e. The number of hydrogen-bond donors (Lipinski definition) is 0. The lowest BCUT2D eigenvalue weighted by atomic mass is 10.3. The van der Waals surface area contributed by atoms with Gasteiger partial charge in [0, 0.05) is 13.6 Å². The van der Waals surface area contributed by atoms with Gasteiger partial charge in [0.2, 0.25) is 0 Å². The molecule has 0 bridgehead atoms. The Labute approximate surface area is 99.9 Å². The Hall–Kier alpha value is -2.04. The normalized spacial score (nSPS) is 9.53. The van der Waals surface area contributed by atoms with E-state index in [1.807, 2.05) is 6.07 Å². The molecule has 1 aromatic rings. The van der Waals surface area contributed by atoms with E-state index in [0.717, 1.165) is 0 Å². The Morgan fingerprint density at radius 1 is 1.24 bits per heavy atom. The summed E-state index contributed by atoms with van der Waals surface area (Å²) in [6, 6.07) is 8.75. The molecule has 0 aromatic heterocycles. The van der Waals surface area contributed by atoms with Crippen LogP contribution in [0.4, 0.5) is 4.79 Å². The predicted molar refractivity (Wildman–Crippen MR) is 61.7 cm³/mol. The van der Waals surface area contributed by atoms with Gasteiger partial charge < -0.3 is 14.4 Å². The molecular weight excluding hydrogens is 222 g/mol. The van der Waals surface area contributed by atoms with Crippen molar-refractivity contribution in [3.8, 4) is 5.75 Å². The third-order valence-electron chi connectivity index (χ3n) is 2.14. The van der Waals surface area contributed by atoms with Crippen molar-refractivity contribution in [2.45, 2.75) is 6.42 Å². The van der Waals surface area contributed by atoms with Crippen LogP contribution in [0.5, 0.6) is 5.75 Å². The minimum Gasteiger partial charge on any atom is -0.469 e. The van der Waals surface area contributed by atoms with Crippen LogP contribution < -0.4 is 4.74 Å². The minimum absolute atomic E-state index is 0.150. The molecule has 0 heterocycles. The first-order chi connectivity index (χ1) is 8.13. The van der Waals surface area contributed by atoms with Gasteiger partial charge in [-0.25, -0.2) is 4.79 Å². The van der Waals surface area contributed by atoms with E-state index in [0.29, 0.717) is 5.75 Å². The number of ether oxygens (including phenoxy) is 2. The molecule has 0 spiro atoms. The second-order valence-electron chi connectivity index (χ2n) is 3.43. The highest BCUT2D eigenvalue weighted by molar-refractivity contribution is 5.73. The van der Waals surface area contributed by atoms with Gasteiger partial charge in [0.15, 0.2) is 0 Å². The van der Waals surface area contributed by atoms with Crippen molar-refractivity contribution in [1.82, 2.24) is 4.90 Å². The van der Waals surface area contributed by atoms with E-state index in [4.69, 9.17) is 4.74 Å². The fourth-order valence-electron chi connectivity index (χ4n) is 1.12. The summed E-state index contributed by atoms with van der Waals surface area (Å²) in [5.41, 5.74) is 0. The first-order valence-electron chi connectivity index (χ1n) is 5.18. The van der Waals surface area contributed by atoms with Crippen LogP contribution in [0.1, 0.15) is 6.42 Å². The number of nitrogens with zero attached hydrogens (tertiary/aromatic N) is 1. The van der Waals surface area contributed by atoms with Gasteiger partial charge in [-0.1, -0.05) is 18.2 Å². The average molecular weight is 237 g/mol. The highest BCUT2D eigenvalue weighted by atomic mass is 16.6. The zero-order valence-electron chi connectivity index (χ0n) is 9.88. The third kappa shape index (κ3) is 4.55. The molecule has 0 aliphatic rings. The van der Waals surface area contributed by atoms with Gasteiger partial charge >= 0.3 is 12.1 Å². The number of para-hydroxylation sites is 1. The first-order valence-corrected chi connectivity index (χ1v) is 5.18. The molecule has 17 heavy (non-hydrogen) atoms. The summed E-state index contributed by atoms with van der Waals surface area (Å²) in [6.07, 6.45) is -0.350. The molecule has 0 saturated heterocycles. The SMILES string of the molecule is COC(=O)CCN(C)C(=O)Oc1ccccc1. The van der Waals surface area contributed by atoms with Crippen LogP contribution in [-0.4, -0.2) is 37.7 Å². The average Bonchev–Trinajstić information content (AvgIpc) is 2.36. The molecule has 0 aliphatic carbocycles. The number of carbonyl (C=O) groups is 2. The maximum Gasteiger partial charge on any atom is 0.414 e. The van der Waals surface area contributed by atoms with Crippen LogP contribution in [0.2, 0.25) is 0 Å². The summed E-state index contributed by atoms with van der Waals surface area (Å²) >= 11 is 0. The Balaban J connectivity index is 2.40. The molecule has 0 N–H and O–H groups in total. The maximum absolute atomic E-state index is 11.6. The molecule has 92 valence electrons. The zero-order valence-corrected chi connectivity index (χ0v) is 9.88. The quantitative estimate of drug-likeness (QED) is 0.747. The molecule has 0 radical (unpaired) electrons. The van der Waals surface area contributed by atoms with Crippen molar-refractivity contribution in [3.63, 3.8) is 0 Å². The number of methoxy groups -OCH3 is 1. The van der Waals surface area contributed by atoms with E-state index in [1.165, 1.54) is 12.0 Å². The smallest absolute Gasteiger partial charge is 0.414 e. The van der Waals surface area contributed by atoms with Crippen LogP contribution in [-0.2, 0) is 9.53 Å². The lowest BCUT2D eigenvalue weighted by molar-refractivity contribution is -0.140. The van der Waals surface area contributed by atoms with Gasteiger partial charge in [-0.15, -0.1) is 0 Å². The van der Waals surface area contributed by atoms with Crippen molar-refractivity contribution in [2.24, 2.45) is 0 Å². The molecule has 0 saturated carbocycles. The molecule has 1 amide bonds. The Kier molecular flexibility index (Phi) is 5.00. The number of amides is 1. The highest BCUT2D eigenvalue weighted by Crippen LogP contribution is 2.09. The van der Waals surface area contributed by atoms with Gasteiger partial charge in [-0.2, -0.15) is 0 Å². The molecule has 0 atom stereocenters. The van der Waals surface area contributed by atoms with Gasteiger partial charge in [-0.3, -0.25) is 4.79 Å². The molecular formula is C12H15NO4. The van der Waals surface area contributed by atoms with Crippen molar-refractivity contribution in [3.05, 3.63) is 30.3 Å². The molecule has 1 rings (SSSR count). The van der Waals surface area contributed by atoms with Gasteiger partial charge in [0.1, 0.15) is 5.75 Å². The van der Waals surface area contributed by atoms with Crippen LogP contribution in [0.25, 0.3) is 0 Å². The topological polar surface area (TPSA) is 55.8 Å². The second kappa shape index (κ2) is 6.52. The molecule has 0 aliphatic heterocycles. The van der Waals surface area contributed by atoms with Crippen molar-refractivity contribution in [1.29, 1.82) is 0 Å². The molecule has 0 fully saturated rings. The lowest BCUT2D eigenvalue weighted by Gasteiger charge is -2.15. The molecule has 5 heteroatoms. The Morgan fingerprint density at radius 2 is 1.88 bits per heavy atom. The predicted octanol–water partition coefficient (Wildman–Crippen LogP) is 1.68. The van der Waals surface area contributed by atoms with E-state index < -0.39 is 6.09 Å². The van der Waals surface area contributed by atoms with E-state index in [1.54, 1.807) is 31.3 Å². The monoisotopic (exact) mass is 237 g/mol. The summed E-state index contributed by atoms with van der Waals surface area (Å²) in [5.74, 6) is 0.117. The van der Waals surface area contributed by atoms with Gasteiger partial charge in [0.25, 0.3) is 0 Å². The molecule has 0 unspecified atom stereocenters.